The molecule has 2 aromatic heterocycles. The van der Waals surface area contributed by atoms with Gasteiger partial charge in [-0.1, -0.05) is 62.4 Å². The van der Waals surface area contributed by atoms with Crippen LogP contribution < -0.4 is 5.32 Å². The van der Waals surface area contributed by atoms with Crippen molar-refractivity contribution in [3.63, 3.8) is 0 Å². The Balaban J connectivity index is 1.52. The lowest BCUT2D eigenvalue weighted by Gasteiger charge is -2.15. The average molecular weight is 416 g/mol. The molecule has 0 aliphatic heterocycles. The molecule has 1 amide bonds. The van der Waals surface area contributed by atoms with Crippen molar-refractivity contribution in [1.82, 2.24) is 9.97 Å². The molecule has 28 heavy (non-hydrogen) atoms. The number of carbonyl (C=O) groups excluding carboxylic acids is 1. The van der Waals surface area contributed by atoms with E-state index in [2.05, 4.69) is 36.1 Å². The maximum atomic E-state index is 12.4. The van der Waals surface area contributed by atoms with Crippen LogP contribution in [0.1, 0.15) is 50.8 Å². The smallest absolute Gasteiger partial charge is 0.233 e. The second-order valence-electron chi connectivity index (χ2n) is 7.85. The van der Waals surface area contributed by atoms with Crippen molar-refractivity contribution in [2.75, 3.05) is 5.32 Å². The van der Waals surface area contributed by atoms with E-state index in [1.165, 1.54) is 11.3 Å². The Labute approximate surface area is 174 Å². The zero-order chi connectivity index (χ0) is 20.1. The first-order valence-corrected chi connectivity index (χ1v) is 11.0. The highest BCUT2D eigenvalue weighted by Gasteiger charge is 2.17. The summed E-state index contributed by atoms with van der Waals surface area (Å²) < 4.78 is 6.83. The van der Waals surface area contributed by atoms with E-state index in [0.717, 1.165) is 22.0 Å². The molecular weight excluding hydrogens is 390 g/mol. The summed E-state index contributed by atoms with van der Waals surface area (Å²) in [4.78, 5) is 21.1. The summed E-state index contributed by atoms with van der Waals surface area (Å²) in [6, 6.07) is 9.73. The third kappa shape index (κ3) is 5.94. The van der Waals surface area contributed by atoms with Gasteiger partial charge in [-0.2, -0.15) is 0 Å². The van der Waals surface area contributed by atoms with Crippen LogP contribution in [0.5, 0.6) is 0 Å². The number of carbonyl (C=O) groups is 1. The van der Waals surface area contributed by atoms with Gasteiger partial charge in [-0.25, -0.2) is 9.97 Å². The van der Waals surface area contributed by atoms with Crippen molar-refractivity contribution in [2.24, 2.45) is 5.41 Å². The highest BCUT2D eigenvalue weighted by molar-refractivity contribution is 8.00. The number of benzene rings is 1. The fraction of sp³-hybridized carbons (Fsp3) is 0.381. The number of rotatable bonds is 7. The Bertz CT molecular complexity index is 913. The standard InChI is InChI=1S/C21H25N3O2S2/c1-14(15-8-6-5-7-9-15)19(25)24-20-23-12-18(28-20)27-13-17-22-11-16(26-17)10-21(2,3)4/h5-9,11-12,14H,10,13H2,1-4H3,(H,23,24,25). The predicted molar refractivity (Wildman–Crippen MR) is 115 cm³/mol. The number of anilines is 1. The highest BCUT2D eigenvalue weighted by Crippen LogP contribution is 2.31. The number of hydrogen-bond donors (Lipinski definition) is 1. The number of thiazole rings is 1. The molecule has 3 rings (SSSR count). The maximum absolute atomic E-state index is 12.4. The molecule has 0 aliphatic carbocycles. The Morgan fingerprint density at radius 2 is 1.96 bits per heavy atom. The molecule has 1 unspecified atom stereocenters. The van der Waals surface area contributed by atoms with Crippen LogP contribution in [0.25, 0.3) is 0 Å². The number of aromatic nitrogens is 2. The van der Waals surface area contributed by atoms with Gasteiger partial charge in [-0.05, 0) is 17.9 Å². The summed E-state index contributed by atoms with van der Waals surface area (Å²) in [5.41, 5.74) is 1.16. The summed E-state index contributed by atoms with van der Waals surface area (Å²) in [5, 5.41) is 3.51. The van der Waals surface area contributed by atoms with Crippen molar-refractivity contribution in [1.29, 1.82) is 0 Å². The SMILES string of the molecule is CC(C(=O)Nc1ncc(SCc2ncc(CC(C)(C)C)o2)s1)c1ccccc1. The minimum Gasteiger partial charge on any atom is -0.445 e. The quantitative estimate of drug-likeness (QED) is 0.497. The lowest BCUT2D eigenvalue weighted by Crippen LogP contribution is -2.18. The third-order valence-corrected chi connectivity index (χ3v) is 6.14. The van der Waals surface area contributed by atoms with Crippen molar-refractivity contribution in [3.05, 3.63) is 59.9 Å². The molecule has 1 atom stereocenters. The molecule has 7 heteroatoms. The van der Waals surface area contributed by atoms with Crippen LogP contribution >= 0.6 is 23.1 Å². The minimum atomic E-state index is -0.227. The average Bonchev–Trinajstić information content (AvgIpc) is 3.28. The lowest BCUT2D eigenvalue weighted by molar-refractivity contribution is -0.117. The number of thioether (sulfide) groups is 1. The van der Waals surface area contributed by atoms with Crippen LogP contribution in [-0.4, -0.2) is 15.9 Å². The van der Waals surface area contributed by atoms with Gasteiger partial charge < -0.3 is 9.73 Å². The molecule has 0 spiro atoms. The van der Waals surface area contributed by atoms with E-state index in [4.69, 9.17) is 4.42 Å². The van der Waals surface area contributed by atoms with Gasteiger partial charge in [0.15, 0.2) is 5.13 Å². The van der Waals surface area contributed by atoms with Gasteiger partial charge in [0.05, 0.1) is 28.3 Å². The topological polar surface area (TPSA) is 68.0 Å². The van der Waals surface area contributed by atoms with Gasteiger partial charge in [-0.15, -0.1) is 11.8 Å². The number of oxazole rings is 1. The zero-order valence-electron chi connectivity index (χ0n) is 16.6. The molecule has 0 radical (unpaired) electrons. The Hall–Kier alpha value is -2.12. The number of nitrogens with one attached hydrogen (secondary N) is 1. The summed E-state index contributed by atoms with van der Waals surface area (Å²) in [6.07, 6.45) is 4.45. The van der Waals surface area contributed by atoms with Crippen LogP contribution in [0.15, 0.2) is 51.4 Å². The van der Waals surface area contributed by atoms with Gasteiger partial charge in [0.2, 0.25) is 11.8 Å². The number of hydrogen-bond acceptors (Lipinski definition) is 6. The molecule has 0 fully saturated rings. The molecule has 0 saturated heterocycles. The Morgan fingerprint density at radius 3 is 2.68 bits per heavy atom. The van der Waals surface area contributed by atoms with Gasteiger partial charge in [0.1, 0.15) is 5.76 Å². The molecule has 0 bridgehead atoms. The Morgan fingerprint density at radius 1 is 1.21 bits per heavy atom. The fourth-order valence-corrected chi connectivity index (χ4v) is 4.37. The lowest BCUT2D eigenvalue weighted by atomic mass is 9.91. The van der Waals surface area contributed by atoms with Crippen LogP contribution in [0.3, 0.4) is 0 Å². The first-order chi connectivity index (χ1) is 13.3. The van der Waals surface area contributed by atoms with Crippen molar-refractivity contribution in [3.8, 4) is 0 Å². The van der Waals surface area contributed by atoms with Crippen molar-refractivity contribution < 1.29 is 9.21 Å². The summed E-state index contributed by atoms with van der Waals surface area (Å²) in [6.45, 7) is 8.42. The molecular formula is C21H25N3O2S2. The van der Waals surface area contributed by atoms with Crippen LogP contribution in [0.2, 0.25) is 0 Å². The Kier molecular flexibility index (Phi) is 6.57. The predicted octanol–water partition coefficient (Wildman–Crippen LogP) is 5.75. The first-order valence-electron chi connectivity index (χ1n) is 9.18. The van der Waals surface area contributed by atoms with E-state index in [0.29, 0.717) is 16.8 Å². The molecule has 5 nitrogen and oxygen atoms in total. The molecule has 1 N–H and O–H groups in total. The summed E-state index contributed by atoms with van der Waals surface area (Å²) >= 11 is 3.07. The number of amides is 1. The van der Waals surface area contributed by atoms with Crippen LogP contribution in [-0.2, 0) is 17.0 Å². The molecule has 1 aromatic carbocycles. The van der Waals surface area contributed by atoms with Crippen LogP contribution in [0, 0.1) is 5.41 Å². The number of nitrogens with zero attached hydrogens (tertiary/aromatic N) is 2. The monoisotopic (exact) mass is 415 g/mol. The van der Waals surface area contributed by atoms with Crippen molar-refractivity contribution in [2.45, 2.75) is 50.0 Å². The van der Waals surface area contributed by atoms with Gasteiger partial charge >= 0.3 is 0 Å². The second kappa shape index (κ2) is 8.92. The van der Waals surface area contributed by atoms with E-state index in [-0.39, 0.29) is 17.2 Å². The largest absolute Gasteiger partial charge is 0.445 e. The van der Waals surface area contributed by atoms with E-state index >= 15 is 0 Å². The molecule has 0 saturated carbocycles. The molecule has 0 aliphatic rings. The molecule has 148 valence electrons. The normalized spacial score (nSPS) is 12.7. The van der Waals surface area contributed by atoms with E-state index in [1.807, 2.05) is 43.5 Å². The second-order valence-corrected chi connectivity index (χ2v) is 10.2. The zero-order valence-corrected chi connectivity index (χ0v) is 18.2. The van der Waals surface area contributed by atoms with E-state index in [1.54, 1.807) is 18.0 Å². The molecule has 3 aromatic rings. The van der Waals surface area contributed by atoms with Gasteiger partial charge in [0.25, 0.3) is 0 Å². The fourth-order valence-electron chi connectivity index (χ4n) is 2.64. The van der Waals surface area contributed by atoms with E-state index in [9.17, 15) is 4.79 Å². The van der Waals surface area contributed by atoms with Gasteiger partial charge in [-0.3, -0.25) is 4.79 Å². The highest BCUT2D eigenvalue weighted by atomic mass is 32.2. The minimum absolute atomic E-state index is 0.0587. The third-order valence-electron chi connectivity index (χ3n) is 4.05. The van der Waals surface area contributed by atoms with Crippen LogP contribution in [0.4, 0.5) is 5.13 Å². The van der Waals surface area contributed by atoms with Gasteiger partial charge in [0, 0.05) is 6.42 Å². The maximum Gasteiger partial charge on any atom is 0.233 e. The van der Waals surface area contributed by atoms with E-state index < -0.39 is 0 Å². The van der Waals surface area contributed by atoms with Crippen molar-refractivity contribution >= 4 is 34.1 Å². The summed E-state index contributed by atoms with van der Waals surface area (Å²) in [7, 11) is 0. The molecule has 2 heterocycles. The first kappa shape index (κ1) is 20.6. The summed E-state index contributed by atoms with van der Waals surface area (Å²) in [5.74, 6) is 1.97.